The van der Waals surface area contributed by atoms with Crippen LogP contribution in [0.5, 0.6) is 0 Å². The predicted octanol–water partition coefficient (Wildman–Crippen LogP) is 4.94. The van der Waals surface area contributed by atoms with Crippen molar-refractivity contribution in [2.45, 2.75) is 43.0 Å². The fourth-order valence-electron chi connectivity index (χ4n) is 2.99. The minimum absolute atomic E-state index is 0.0934. The summed E-state index contributed by atoms with van der Waals surface area (Å²) < 4.78 is 0.726. The molecule has 2 fully saturated rings. The number of hydrogen-bond donors (Lipinski definition) is 0. The topological polar surface area (TPSA) is 20.3 Å². The SMILES string of the molecule is CSc1ccc(/C=C2\SC(=S)N(C3CCCCC3)C2=O)cc1. The number of carbonyl (C=O) groups is 1. The second-order valence-corrected chi connectivity index (χ2v) is 8.17. The molecule has 1 aliphatic carbocycles. The van der Waals surface area contributed by atoms with Crippen LogP contribution in [-0.4, -0.2) is 27.4 Å². The van der Waals surface area contributed by atoms with Crippen LogP contribution < -0.4 is 0 Å². The van der Waals surface area contributed by atoms with E-state index in [9.17, 15) is 4.79 Å². The molecule has 0 aromatic heterocycles. The van der Waals surface area contributed by atoms with Gasteiger partial charge in [0.15, 0.2) is 0 Å². The Morgan fingerprint density at radius 1 is 1.23 bits per heavy atom. The second-order valence-electron chi connectivity index (χ2n) is 5.62. The Balaban J connectivity index is 1.78. The number of benzene rings is 1. The smallest absolute Gasteiger partial charge is 0.266 e. The van der Waals surface area contributed by atoms with Crippen molar-refractivity contribution in [1.29, 1.82) is 0 Å². The van der Waals surface area contributed by atoms with E-state index < -0.39 is 0 Å². The molecule has 1 aliphatic heterocycles. The first-order valence-electron chi connectivity index (χ1n) is 7.60. The van der Waals surface area contributed by atoms with Gasteiger partial charge in [0.25, 0.3) is 5.91 Å². The van der Waals surface area contributed by atoms with Crippen molar-refractivity contribution in [3.63, 3.8) is 0 Å². The van der Waals surface area contributed by atoms with E-state index in [1.54, 1.807) is 11.8 Å². The summed E-state index contributed by atoms with van der Waals surface area (Å²) >= 11 is 8.62. The van der Waals surface area contributed by atoms with E-state index >= 15 is 0 Å². The molecule has 0 unspecified atom stereocenters. The minimum atomic E-state index is 0.0934. The van der Waals surface area contributed by atoms with Gasteiger partial charge in [-0.3, -0.25) is 9.69 Å². The summed E-state index contributed by atoms with van der Waals surface area (Å²) in [5.74, 6) is 0.0934. The predicted molar refractivity (Wildman–Crippen MR) is 100 cm³/mol. The lowest BCUT2D eigenvalue weighted by molar-refractivity contribution is -0.124. The molecule has 1 saturated heterocycles. The van der Waals surface area contributed by atoms with Gasteiger partial charge in [-0.15, -0.1) is 11.8 Å². The number of amides is 1. The Hall–Kier alpha value is -0.780. The summed E-state index contributed by atoms with van der Waals surface area (Å²) in [7, 11) is 0. The molecule has 1 aromatic carbocycles. The molecule has 5 heteroatoms. The second kappa shape index (κ2) is 7.20. The van der Waals surface area contributed by atoms with Crippen LogP contribution >= 0.6 is 35.7 Å². The Kier molecular flexibility index (Phi) is 5.26. The molecule has 116 valence electrons. The highest BCUT2D eigenvalue weighted by atomic mass is 32.2. The van der Waals surface area contributed by atoms with Gasteiger partial charge in [0, 0.05) is 10.9 Å². The molecule has 0 spiro atoms. The molecular weight excluding hydrogens is 330 g/mol. The standard InChI is InChI=1S/C17H19NOS3/c1-21-14-9-7-12(8-10-14)11-15-16(19)18(17(20)22-15)13-5-3-2-4-6-13/h7-11,13H,2-6H2,1H3/b15-11-. The molecule has 0 N–H and O–H groups in total. The maximum absolute atomic E-state index is 12.7. The zero-order valence-corrected chi connectivity index (χ0v) is 15.0. The highest BCUT2D eigenvalue weighted by Crippen LogP contribution is 2.37. The monoisotopic (exact) mass is 349 g/mol. The molecule has 1 aromatic rings. The van der Waals surface area contributed by atoms with Gasteiger partial charge in [-0.05, 0) is 42.9 Å². The van der Waals surface area contributed by atoms with E-state index in [1.807, 2.05) is 11.0 Å². The summed E-state index contributed by atoms with van der Waals surface area (Å²) in [4.78, 5) is 16.5. The molecule has 3 rings (SSSR count). The molecule has 1 saturated carbocycles. The van der Waals surface area contributed by atoms with E-state index in [4.69, 9.17) is 12.2 Å². The average molecular weight is 350 g/mol. The van der Waals surface area contributed by atoms with E-state index in [0.29, 0.717) is 6.04 Å². The maximum atomic E-state index is 12.7. The van der Waals surface area contributed by atoms with Crippen LogP contribution in [0, 0.1) is 0 Å². The lowest BCUT2D eigenvalue weighted by Crippen LogP contribution is -2.39. The highest BCUT2D eigenvalue weighted by Gasteiger charge is 2.37. The fourth-order valence-corrected chi connectivity index (χ4v) is 4.79. The van der Waals surface area contributed by atoms with Gasteiger partial charge in [-0.1, -0.05) is 55.4 Å². The van der Waals surface area contributed by atoms with Gasteiger partial charge in [0.05, 0.1) is 4.91 Å². The van der Waals surface area contributed by atoms with Crippen molar-refractivity contribution in [2.75, 3.05) is 6.26 Å². The molecule has 0 radical (unpaired) electrons. The summed E-state index contributed by atoms with van der Waals surface area (Å²) in [5, 5.41) is 0. The number of thiocarbonyl (C=S) groups is 1. The number of carbonyl (C=O) groups excluding carboxylic acids is 1. The van der Waals surface area contributed by atoms with E-state index in [1.165, 1.54) is 35.9 Å². The molecule has 2 aliphatic rings. The molecule has 0 bridgehead atoms. The summed E-state index contributed by atoms with van der Waals surface area (Å²) in [6.45, 7) is 0. The van der Waals surface area contributed by atoms with Crippen LogP contribution in [-0.2, 0) is 4.79 Å². The Bertz CT molecular complexity index is 603. The third-order valence-corrected chi connectivity index (χ3v) is 6.25. The van der Waals surface area contributed by atoms with Crippen LogP contribution in [0.25, 0.3) is 6.08 Å². The van der Waals surface area contributed by atoms with Gasteiger partial charge in [-0.2, -0.15) is 0 Å². The van der Waals surface area contributed by atoms with Crippen molar-refractivity contribution in [1.82, 2.24) is 4.90 Å². The van der Waals surface area contributed by atoms with Crippen LogP contribution in [0.3, 0.4) is 0 Å². The first-order valence-corrected chi connectivity index (χ1v) is 10.0. The largest absolute Gasteiger partial charge is 0.290 e. The van der Waals surface area contributed by atoms with Crippen molar-refractivity contribution >= 4 is 52.0 Å². The molecule has 1 amide bonds. The lowest BCUT2D eigenvalue weighted by atomic mass is 9.94. The molecule has 1 heterocycles. The zero-order chi connectivity index (χ0) is 15.5. The average Bonchev–Trinajstić information content (AvgIpc) is 2.83. The van der Waals surface area contributed by atoms with Crippen LogP contribution in [0.4, 0.5) is 0 Å². The Morgan fingerprint density at radius 2 is 1.91 bits per heavy atom. The fraction of sp³-hybridized carbons (Fsp3) is 0.412. The van der Waals surface area contributed by atoms with E-state index in [2.05, 4.69) is 30.5 Å². The third kappa shape index (κ3) is 3.42. The molecule has 0 atom stereocenters. The first-order chi connectivity index (χ1) is 10.7. The van der Waals surface area contributed by atoms with Crippen molar-refractivity contribution in [3.05, 3.63) is 34.7 Å². The summed E-state index contributed by atoms with van der Waals surface area (Å²) in [6, 6.07) is 8.58. The number of thioether (sulfide) groups is 2. The van der Waals surface area contributed by atoms with Crippen molar-refractivity contribution in [3.8, 4) is 0 Å². The lowest BCUT2D eigenvalue weighted by Gasteiger charge is -2.29. The molecule has 22 heavy (non-hydrogen) atoms. The van der Waals surface area contributed by atoms with Crippen LogP contribution in [0.15, 0.2) is 34.1 Å². The molecule has 2 nitrogen and oxygen atoms in total. The summed E-state index contributed by atoms with van der Waals surface area (Å²) in [5.41, 5.74) is 1.06. The quantitative estimate of drug-likeness (QED) is 0.437. The number of rotatable bonds is 3. The summed E-state index contributed by atoms with van der Waals surface area (Å²) in [6.07, 6.45) is 9.89. The van der Waals surface area contributed by atoms with Crippen molar-refractivity contribution in [2.24, 2.45) is 0 Å². The van der Waals surface area contributed by atoms with Gasteiger partial charge in [0.2, 0.25) is 0 Å². The first kappa shape index (κ1) is 16.1. The zero-order valence-electron chi connectivity index (χ0n) is 12.6. The third-order valence-electron chi connectivity index (χ3n) is 4.18. The van der Waals surface area contributed by atoms with Crippen LogP contribution in [0.2, 0.25) is 0 Å². The number of nitrogens with zero attached hydrogens (tertiary/aromatic N) is 1. The van der Waals surface area contributed by atoms with Gasteiger partial charge in [-0.25, -0.2) is 0 Å². The van der Waals surface area contributed by atoms with Gasteiger partial charge >= 0.3 is 0 Å². The minimum Gasteiger partial charge on any atom is -0.290 e. The van der Waals surface area contributed by atoms with Gasteiger partial charge in [0.1, 0.15) is 4.32 Å². The van der Waals surface area contributed by atoms with E-state index in [0.717, 1.165) is 27.6 Å². The van der Waals surface area contributed by atoms with Gasteiger partial charge < -0.3 is 0 Å². The van der Waals surface area contributed by atoms with E-state index in [-0.39, 0.29) is 5.91 Å². The maximum Gasteiger partial charge on any atom is 0.266 e. The Morgan fingerprint density at radius 3 is 2.55 bits per heavy atom. The Labute approximate surface area is 145 Å². The highest BCUT2D eigenvalue weighted by molar-refractivity contribution is 8.26. The normalized spacial score (nSPS) is 21.9. The van der Waals surface area contributed by atoms with Crippen LogP contribution in [0.1, 0.15) is 37.7 Å². The molecular formula is C17H19NOS3. The number of hydrogen-bond acceptors (Lipinski definition) is 4. The van der Waals surface area contributed by atoms with Crippen molar-refractivity contribution < 1.29 is 4.79 Å².